The van der Waals surface area contributed by atoms with E-state index in [1.54, 1.807) is 12.1 Å². The first-order chi connectivity index (χ1) is 14.3. The van der Waals surface area contributed by atoms with Crippen LogP contribution in [-0.4, -0.2) is 51.0 Å². The Hall–Kier alpha value is -3.08. The Bertz CT molecular complexity index is 1110. The van der Waals surface area contributed by atoms with Crippen molar-refractivity contribution in [2.45, 2.75) is 18.6 Å². The van der Waals surface area contributed by atoms with Gasteiger partial charge in [0.05, 0.1) is 11.2 Å². The summed E-state index contributed by atoms with van der Waals surface area (Å²) in [6, 6.07) is 7.45. The number of alkyl halides is 3. The topological polar surface area (TPSA) is 79.5 Å². The molecular weight excluding hydrogens is 399 g/mol. The highest BCUT2D eigenvalue weighted by atomic mass is 19.4. The predicted octanol–water partition coefficient (Wildman–Crippen LogP) is 2.14. The van der Waals surface area contributed by atoms with Crippen LogP contribution in [0, 0.1) is 5.92 Å². The van der Waals surface area contributed by atoms with E-state index in [4.69, 9.17) is 0 Å². The summed E-state index contributed by atoms with van der Waals surface area (Å²) < 4.78 is 42.0. The maximum Gasteiger partial charge on any atom is 0.437 e. The smallest absolute Gasteiger partial charge is 0.353 e. The molecule has 5 rings (SSSR count). The highest BCUT2D eigenvalue weighted by Crippen LogP contribution is 2.33. The summed E-state index contributed by atoms with van der Waals surface area (Å²) in [6.45, 7) is 2.71. The summed E-state index contributed by atoms with van der Waals surface area (Å²) in [4.78, 5) is 15.0. The zero-order valence-corrected chi connectivity index (χ0v) is 16.1. The molecule has 0 spiro atoms. The average molecular weight is 419 g/mol. The van der Waals surface area contributed by atoms with Crippen LogP contribution in [0.1, 0.15) is 22.6 Å². The second-order valence-corrected chi connectivity index (χ2v) is 7.88. The van der Waals surface area contributed by atoms with Crippen LogP contribution in [0.25, 0.3) is 5.52 Å². The standard InChI is InChI=1S/C19H20F3N7O/c1-27-10-14(17(26-27)19(20,21)22)24-18(30)15-4-2-13-3-5-16(25-29(13)15)28-8-11-6-12(9-28)23-7-11/h2-5,10-12,23H,6-9H2,1H3,(H,24,30)/t11-,12-/m1/s1. The van der Waals surface area contributed by atoms with Gasteiger partial charge in [0, 0.05) is 38.9 Å². The number of carbonyl (C=O) groups is 1. The fraction of sp³-hybridized carbons (Fsp3) is 0.421. The van der Waals surface area contributed by atoms with Crippen molar-refractivity contribution < 1.29 is 18.0 Å². The molecule has 0 radical (unpaired) electrons. The lowest BCUT2D eigenvalue weighted by atomic mass is 10.0. The van der Waals surface area contributed by atoms with E-state index < -0.39 is 17.8 Å². The molecule has 2 aliphatic rings. The van der Waals surface area contributed by atoms with Crippen LogP contribution in [-0.2, 0) is 13.2 Å². The van der Waals surface area contributed by atoms with Crippen LogP contribution in [0.15, 0.2) is 30.5 Å². The molecule has 2 fully saturated rings. The van der Waals surface area contributed by atoms with Crippen molar-refractivity contribution in [2.75, 3.05) is 29.9 Å². The molecule has 1 amide bonds. The molecule has 11 heteroatoms. The lowest BCUT2D eigenvalue weighted by molar-refractivity contribution is -0.140. The van der Waals surface area contributed by atoms with Crippen molar-refractivity contribution in [2.24, 2.45) is 13.0 Å². The second-order valence-electron chi connectivity index (χ2n) is 7.88. The van der Waals surface area contributed by atoms with Crippen LogP contribution >= 0.6 is 0 Å². The van der Waals surface area contributed by atoms with E-state index in [0.29, 0.717) is 17.5 Å². The largest absolute Gasteiger partial charge is 0.437 e. The van der Waals surface area contributed by atoms with Crippen LogP contribution < -0.4 is 15.5 Å². The number of piperidine rings is 1. The number of amides is 1. The second kappa shape index (κ2) is 6.73. The summed E-state index contributed by atoms with van der Waals surface area (Å²) in [5.41, 5.74) is -0.685. The van der Waals surface area contributed by atoms with Gasteiger partial charge < -0.3 is 15.5 Å². The van der Waals surface area contributed by atoms with Gasteiger partial charge in [-0.05, 0) is 36.6 Å². The van der Waals surface area contributed by atoms with Crippen molar-refractivity contribution in [3.63, 3.8) is 0 Å². The molecule has 8 nitrogen and oxygen atoms in total. The molecule has 0 unspecified atom stereocenters. The lowest BCUT2D eigenvalue weighted by Crippen LogP contribution is -2.41. The van der Waals surface area contributed by atoms with Gasteiger partial charge in [0.1, 0.15) is 11.5 Å². The summed E-state index contributed by atoms with van der Waals surface area (Å²) in [5, 5.41) is 13.8. The van der Waals surface area contributed by atoms with E-state index in [0.717, 1.165) is 42.8 Å². The molecule has 5 heterocycles. The Morgan fingerprint density at radius 1 is 1.20 bits per heavy atom. The van der Waals surface area contributed by atoms with E-state index in [9.17, 15) is 18.0 Å². The highest BCUT2D eigenvalue weighted by Gasteiger charge is 2.38. The molecule has 2 aliphatic heterocycles. The predicted molar refractivity (Wildman–Crippen MR) is 103 cm³/mol. The molecule has 0 aromatic carbocycles. The van der Waals surface area contributed by atoms with Crippen molar-refractivity contribution in [1.29, 1.82) is 0 Å². The molecule has 0 aliphatic carbocycles. The Labute approximate surface area is 169 Å². The van der Waals surface area contributed by atoms with Crippen molar-refractivity contribution in [3.8, 4) is 0 Å². The quantitative estimate of drug-likeness (QED) is 0.680. The summed E-state index contributed by atoms with van der Waals surface area (Å²) in [6.07, 6.45) is -2.38. The third-order valence-electron chi connectivity index (χ3n) is 5.62. The van der Waals surface area contributed by atoms with Crippen LogP contribution in [0.3, 0.4) is 0 Å². The van der Waals surface area contributed by atoms with Gasteiger partial charge >= 0.3 is 6.18 Å². The molecule has 2 bridgehead atoms. The average Bonchev–Trinajstić information content (AvgIpc) is 3.37. The first-order valence-electron chi connectivity index (χ1n) is 9.67. The molecule has 2 saturated heterocycles. The minimum Gasteiger partial charge on any atom is -0.353 e. The van der Waals surface area contributed by atoms with Crippen LogP contribution in [0.5, 0.6) is 0 Å². The number of nitrogens with zero attached hydrogens (tertiary/aromatic N) is 5. The highest BCUT2D eigenvalue weighted by molar-refractivity contribution is 6.04. The van der Waals surface area contributed by atoms with Crippen LogP contribution in [0.4, 0.5) is 24.7 Å². The zero-order valence-electron chi connectivity index (χ0n) is 16.1. The van der Waals surface area contributed by atoms with Gasteiger partial charge in [-0.3, -0.25) is 9.48 Å². The first kappa shape index (κ1) is 18.9. The number of fused-ring (bicyclic) bond motifs is 3. The van der Waals surface area contributed by atoms with Crippen molar-refractivity contribution in [3.05, 3.63) is 41.9 Å². The van der Waals surface area contributed by atoms with E-state index in [2.05, 4.69) is 25.7 Å². The van der Waals surface area contributed by atoms with Crippen LogP contribution in [0.2, 0.25) is 0 Å². The van der Waals surface area contributed by atoms with E-state index in [1.807, 2.05) is 12.1 Å². The maximum atomic E-state index is 13.2. The third kappa shape index (κ3) is 3.28. The molecule has 2 atom stereocenters. The Morgan fingerprint density at radius 2 is 2.00 bits per heavy atom. The van der Waals surface area contributed by atoms with Gasteiger partial charge in [-0.25, -0.2) is 4.52 Å². The monoisotopic (exact) mass is 419 g/mol. The number of aryl methyl sites for hydroxylation is 1. The maximum absolute atomic E-state index is 13.2. The Kier molecular flexibility index (Phi) is 4.24. The number of anilines is 2. The van der Waals surface area contributed by atoms with Gasteiger partial charge in [-0.2, -0.15) is 18.3 Å². The van der Waals surface area contributed by atoms with Gasteiger partial charge in [-0.15, -0.1) is 5.10 Å². The number of halogens is 3. The van der Waals surface area contributed by atoms with E-state index >= 15 is 0 Å². The molecule has 30 heavy (non-hydrogen) atoms. The van der Waals surface area contributed by atoms with E-state index in [1.165, 1.54) is 11.6 Å². The minimum absolute atomic E-state index is 0.155. The number of nitrogens with one attached hydrogen (secondary N) is 2. The third-order valence-corrected chi connectivity index (χ3v) is 5.62. The minimum atomic E-state index is -4.67. The first-order valence-corrected chi connectivity index (χ1v) is 9.67. The summed E-state index contributed by atoms with van der Waals surface area (Å²) >= 11 is 0. The fourth-order valence-electron chi connectivity index (χ4n) is 4.31. The van der Waals surface area contributed by atoms with Crippen molar-refractivity contribution in [1.82, 2.24) is 24.7 Å². The molecule has 3 aromatic rings. The molecule has 2 N–H and O–H groups in total. The lowest BCUT2D eigenvalue weighted by Gasteiger charge is -2.31. The Morgan fingerprint density at radius 3 is 2.77 bits per heavy atom. The number of aromatic nitrogens is 4. The zero-order chi connectivity index (χ0) is 21.0. The number of hydrogen-bond acceptors (Lipinski definition) is 5. The van der Waals surface area contributed by atoms with Gasteiger partial charge in [0.25, 0.3) is 5.91 Å². The van der Waals surface area contributed by atoms with Crippen molar-refractivity contribution >= 4 is 22.9 Å². The van der Waals surface area contributed by atoms with Gasteiger partial charge in [0.15, 0.2) is 5.69 Å². The Balaban J connectivity index is 1.44. The normalized spacial score (nSPS) is 21.4. The van der Waals surface area contributed by atoms with E-state index in [-0.39, 0.29) is 11.4 Å². The molecule has 158 valence electrons. The van der Waals surface area contributed by atoms with Gasteiger partial charge in [0.2, 0.25) is 0 Å². The summed E-state index contributed by atoms with van der Waals surface area (Å²) in [7, 11) is 1.37. The molecule has 3 aromatic heterocycles. The fourth-order valence-corrected chi connectivity index (χ4v) is 4.31. The number of carbonyl (C=O) groups excluding carboxylic acids is 1. The van der Waals surface area contributed by atoms with Gasteiger partial charge in [-0.1, -0.05) is 0 Å². The summed E-state index contributed by atoms with van der Waals surface area (Å²) in [5.74, 6) is 0.627. The number of hydrogen-bond donors (Lipinski definition) is 2. The SMILES string of the molecule is Cn1cc(NC(=O)c2ccc3ccc(N4C[C@H]5CN[C@H](C5)C4)nn23)c(C(F)(F)F)n1. The number of rotatable bonds is 3. The molecular formula is C19H20F3N7O. The molecule has 0 saturated carbocycles.